The van der Waals surface area contributed by atoms with E-state index in [1.54, 1.807) is 27.7 Å². The first-order valence-corrected chi connectivity index (χ1v) is 13.2. The lowest BCUT2D eigenvalue weighted by Gasteiger charge is -2.37. The second-order valence-electron chi connectivity index (χ2n) is 11.6. The zero-order valence-corrected chi connectivity index (χ0v) is 23.6. The molecule has 2 N–H and O–H groups in total. The summed E-state index contributed by atoms with van der Waals surface area (Å²) in [6.45, 7) is 12.1. The lowest BCUT2D eigenvalue weighted by Crippen LogP contribution is -2.61. The van der Waals surface area contributed by atoms with E-state index in [1.807, 2.05) is 69.3 Å². The van der Waals surface area contributed by atoms with Crippen molar-refractivity contribution < 1.29 is 33.7 Å². The average molecular weight is 539 g/mol. The van der Waals surface area contributed by atoms with Crippen LogP contribution in [0.2, 0.25) is 0 Å². The molecule has 1 saturated heterocycles. The molecule has 4 atom stereocenters. The maximum atomic E-state index is 13.9. The summed E-state index contributed by atoms with van der Waals surface area (Å²) in [5, 5.41) is 12.5. The van der Waals surface area contributed by atoms with Gasteiger partial charge in [-0.05, 0) is 70.7 Å². The third kappa shape index (κ3) is 5.79. The minimum absolute atomic E-state index is 0.0718. The van der Waals surface area contributed by atoms with Crippen LogP contribution in [0, 0.1) is 0 Å². The molecule has 0 aromatic heterocycles. The molecule has 1 aliphatic heterocycles. The first-order valence-electron chi connectivity index (χ1n) is 13.2. The van der Waals surface area contributed by atoms with Crippen molar-refractivity contribution in [3.8, 4) is 11.1 Å². The predicted molar refractivity (Wildman–Crippen MR) is 145 cm³/mol. The van der Waals surface area contributed by atoms with Crippen LogP contribution in [-0.4, -0.2) is 70.2 Å². The van der Waals surface area contributed by atoms with Crippen molar-refractivity contribution >= 4 is 18.0 Å². The van der Waals surface area contributed by atoms with Crippen LogP contribution < -0.4 is 5.32 Å². The number of carbonyl (C=O) groups excluding carboxylic acids is 2. The number of aliphatic carboxylic acids is 1. The number of hydrogen-bond donors (Lipinski definition) is 2. The standard InChI is InChI=1S/C30H38N2O7/c1-17(38-29(3,4)5)24(26(33)32-25(27(34)35)18(2)39-30(32,6)7)31-28(36)37-16-23-21-14-10-8-12-19(21)20-13-9-11-15-22(20)23/h8-15,17-18,23-25H,16H2,1-7H3,(H,31,36)(H,34,35). The number of alkyl carbamates (subject to hydrolysis) is 1. The molecule has 2 aromatic carbocycles. The van der Waals surface area contributed by atoms with Crippen LogP contribution in [0.25, 0.3) is 11.1 Å². The van der Waals surface area contributed by atoms with Gasteiger partial charge >= 0.3 is 12.1 Å². The van der Waals surface area contributed by atoms with E-state index >= 15 is 0 Å². The van der Waals surface area contributed by atoms with Gasteiger partial charge in [0.15, 0.2) is 6.04 Å². The van der Waals surface area contributed by atoms with E-state index in [0.717, 1.165) is 22.3 Å². The molecule has 0 bridgehead atoms. The Balaban J connectivity index is 1.55. The summed E-state index contributed by atoms with van der Waals surface area (Å²) in [6, 6.07) is 13.6. The molecule has 39 heavy (non-hydrogen) atoms. The van der Waals surface area contributed by atoms with Gasteiger partial charge in [0.25, 0.3) is 5.91 Å². The van der Waals surface area contributed by atoms with Gasteiger partial charge < -0.3 is 24.6 Å². The van der Waals surface area contributed by atoms with Gasteiger partial charge in [0, 0.05) is 5.92 Å². The SMILES string of the molecule is CC(OC(C)(C)C)C(NC(=O)OCC1c2ccccc2-c2ccccc21)C(=O)N1C(C(=O)O)C(C)OC1(C)C. The van der Waals surface area contributed by atoms with Crippen molar-refractivity contribution in [2.75, 3.05) is 6.61 Å². The fourth-order valence-corrected chi connectivity index (χ4v) is 5.76. The Kier molecular flexibility index (Phi) is 7.78. The van der Waals surface area contributed by atoms with E-state index in [1.165, 1.54) is 4.90 Å². The molecule has 2 aromatic rings. The first kappa shape index (κ1) is 28.6. The molecule has 4 rings (SSSR count). The number of carboxylic acid groups (broad SMARTS) is 1. The van der Waals surface area contributed by atoms with Crippen LogP contribution in [0.1, 0.15) is 65.5 Å². The number of nitrogens with one attached hydrogen (secondary N) is 1. The molecule has 4 unspecified atom stereocenters. The Bertz CT molecular complexity index is 1210. The van der Waals surface area contributed by atoms with Gasteiger partial charge in [-0.15, -0.1) is 0 Å². The molecule has 0 spiro atoms. The molecule has 1 fully saturated rings. The zero-order chi connectivity index (χ0) is 28.7. The van der Waals surface area contributed by atoms with Gasteiger partial charge in [0.1, 0.15) is 18.4 Å². The number of fused-ring (bicyclic) bond motifs is 3. The topological polar surface area (TPSA) is 114 Å². The van der Waals surface area contributed by atoms with Crippen molar-refractivity contribution in [2.45, 2.75) is 90.0 Å². The lowest BCUT2D eigenvalue weighted by atomic mass is 9.98. The van der Waals surface area contributed by atoms with Crippen LogP contribution in [0.3, 0.4) is 0 Å². The summed E-state index contributed by atoms with van der Waals surface area (Å²) < 4.78 is 17.5. The highest BCUT2D eigenvalue weighted by Gasteiger charge is 2.53. The van der Waals surface area contributed by atoms with Gasteiger partial charge in [-0.3, -0.25) is 9.69 Å². The Labute approximate surface area is 229 Å². The summed E-state index contributed by atoms with van der Waals surface area (Å²) in [7, 11) is 0. The molecule has 9 nitrogen and oxygen atoms in total. The molecular weight excluding hydrogens is 500 g/mol. The van der Waals surface area contributed by atoms with Crippen molar-refractivity contribution in [3.63, 3.8) is 0 Å². The molecule has 1 heterocycles. The Morgan fingerprint density at radius 3 is 2.10 bits per heavy atom. The normalized spacial score (nSPS) is 21.6. The Morgan fingerprint density at radius 1 is 1.05 bits per heavy atom. The maximum absolute atomic E-state index is 13.9. The number of benzene rings is 2. The summed E-state index contributed by atoms with van der Waals surface area (Å²) in [5.74, 6) is -1.96. The number of nitrogens with zero attached hydrogens (tertiary/aromatic N) is 1. The van der Waals surface area contributed by atoms with Crippen LogP contribution in [0.5, 0.6) is 0 Å². The van der Waals surface area contributed by atoms with Crippen molar-refractivity contribution in [1.29, 1.82) is 0 Å². The van der Waals surface area contributed by atoms with E-state index in [4.69, 9.17) is 14.2 Å². The van der Waals surface area contributed by atoms with E-state index in [2.05, 4.69) is 5.32 Å². The number of carbonyl (C=O) groups is 3. The van der Waals surface area contributed by atoms with Crippen molar-refractivity contribution in [3.05, 3.63) is 59.7 Å². The van der Waals surface area contributed by atoms with Crippen molar-refractivity contribution in [2.24, 2.45) is 0 Å². The van der Waals surface area contributed by atoms with E-state index < -0.39 is 53.6 Å². The van der Waals surface area contributed by atoms with Gasteiger partial charge in [-0.2, -0.15) is 0 Å². The van der Waals surface area contributed by atoms with Gasteiger partial charge in [-0.25, -0.2) is 9.59 Å². The first-order chi connectivity index (χ1) is 18.2. The minimum atomic E-state index is -1.22. The summed E-state index contributed by atoms with van der Waals surface area (Å²) >= 11 is 0. The van der Waals surface area contributed by atoms with Crippen LogP contribution in [0.4, 0.5) is 4.79 Å². The average Bonchev–Trinajstić information content (AvgIpc) is 3.29. The number of ether oxygens (including phenoxy) is 3. The van der Waals surface area contributed by atoms with Gasteiger partial charge in [0.05, 0.1) is 17.8 Å². The minimum Gasteiger partial charge on any atom is -0.480 e. The molecular formula is C30H38N2O7. The van der Waals surface area contributed by atoms with Gasteiger partial charge in [-0.1, -0.05) is 48.5 Å². The van der Waals surface area contributed by atoms with E-state index in [9.17, 15) is 19.5 Å². The third-order valence-electron chi connectivity index (χ3n) is 7.16. The second kappa shape index (κ2) is 10.6. The zero-order valence-electron chi connectivity index (χ0n) is 23.6. The van der Waals surface area contributed by atoms with E-state index in [-0.39, 0.29) is 12.5 Å². The third-order valence-corrected chi connectivity index (χ3v) is 7.16. The molecule has 2 aliphatic rings. The summed E-state index contributed by atoms with van der Waals surface area (Å²) in [4.78, 5) is 40.3. The number of hydrogen-bond acceptors (Lipinski definition) is 6. The number of carboxylic acids is 1. The molecule has 9 heteroatoms. The number of amides is 2. The molecule has 2 amide bonds. The fraction of sp³-hybridized carbons (Fsp3) is 0.500. The van der Waals surface area contributed by atoms with Crippen LogP contribution in [-0.2, 0) is 23.8 Å². The Morgan fingerprint density at radius 2 is 1.59 bits per heavy atom. The lowest BCUT2D eigenvalue weighted by molar-refractivity contribution is -0.161. The van der Waals surface area contributed by atoms with Crippen LogP contribution in [0.15, 0.2) is 48.5 Å². The number of rotatable bonds is 7. The molecule has 0 radical (unpaired) electrons. The molecule has 1 aliphatic carbocycles. The fourth-order valence-electron chi connectivity index (χ4n) is 5.76. The smallest absolute Gasteiger partial charge is 0.407 e. The highest BCUT2D eigenvalue weighted by molar-refractivity contribution is 5.91. The highest BCUT2D eigenvalue weighted by Crippen LogP contribution is 2.44. The maximum Gasteiger partial charge on any atom is 0.407 e. The summed E-state index contributed by atoms with van der Waals surface area (Å²) in [5.41, 5.74) is 2.51. The monoisotopic (exact) mass is 538 g/mol. The Hall–Kier alpha value is -3.43. The van der Waals surface area contributed by atoms with Gasteiger partial charge in [0.2, 0.25) is 0 Å². The van der Waals surface area contributed by atoms with Crippen molar-refractivity contribution in [1.82, 2.24) is 10.2 Å². The molecule has 210 valence electrons. The summed E-state index contributed by atoms with van der Waals surface area (Å²) in [6.07, 6.45) is -2.33. The van der Waals surface area contributed by atoms with E-state index in [0.29, 0.717) is 0 Å². The largest absolute Gasteiger partial charge is 0.480 e. The van der Waals surface area contributed by atoms with Crippen LogP contribution >= 0.6 is 0 Å². The quantitative estimate of drug-likeness (QED) is 0.532. The predicted octanol–water partition coefficient (Wildman–Crippen LogP) is 4.53. The molecule has 0 saturated carbocycles. The second-order valence-corrected chi connectivity index (χ2v) is 11.6. The highest BCUT2D eigenvalue weighted by atomic mass is 16.6.